The highest BCUT2D eigenvalue weighted by molar-refractivity contribution is 8.18. The normalized spacial score (nSPS) is 14.4. The highest BCUT2D eigenvalue weighted by Crippen LogP contribution is 2.35. The van der Waals surface area contributed by atoms with E-state index in [1.807, 2.05) is 31.2 Å². The van der Waals surface area contributed by atoms with Crippen molar-refractivity contribution in [1.29, 1.82) is 0 Å². The van der Waals surface area contributed by atoms with Gasteiger partial charge < -0.3 is 14.2 Å². The van der Waals surface area contributed by atoms with Crippen LogP contribution in [0.1, 0.15) is 16.7 Å². The number of nitrogens with zero attached hydrogens (tertiary/aromatic N) is 1. The summed E-state index contributed by atoms with van der Waals surface area (Å²) in [7, 11) is 1.53. The fourth-order valence-electron chi connectivity index (χ4n) is 3.42. The topological polar surface area (TPSA) is 65.1 Å². The van der Waals surface area contributed by atoms with Crippen molar-refractivity contribution >= 4 is 52.2 Å². The van der Waals surface area contributed by atoms with Crippen molar-refractivity contribution in [3.8, 4) is 17.2 Å². The molecule has 1 aliphatic heterocycles. The van der Waals surface area contributed by atoms with Crippen molar-refractivity contribution < 1.29 is 23.8 Å². The summed E-state index contributed by atoms with van der Waals surface area (Å²) in [5, 5.41) is 0.734. The fraction of sp³-hybridized carbons (Fsp3) is 0.185. The molecule has 0 spiro atoms. The Kier molecular flexibility index (Phi) is 8.46. The molecule has 2 amide bonds. The van der Waals surface area contributed by atoms with E-state index in [2.05, 4.69) is 0 Å². The number of methoxy groups -OCH3 is 1. The molecule has 6 nitrogen and oxygen atoms in total. The predicted octanol–water partition coefficient (Wildman–Crippen LogP) is 7.00. The highest BCUT2D eigenvalue weighted by Gasteiger charge is 2.34. The Hall–Kier alpha value is -3.13. The number of benzene rings is 3. The van der Waals surface area contributed by atoms with Gasteiger partial charge in [0.05, 0.1) is 18.6 Å². The number of thioether (sulfide) groups is 1. The van der Waals surface area contributed by atoms with E-state index in [9.17, 15) is 9.59 Å². The minimum atomic E-state index is -0.353. The van der Waals surface area contributed by atoms with Gasteiger partial charge in [0.1, 0.15) is 19.0 Å². The minimum absolute atomic E-state index is 0.166. The molecular weight excluding hydrogens is 521 g/mol. The molecule has 1 heterocycles. The van der Waals surface area contributed by atoms with Gasteiger partial charge in [-0.25, -0.2) is 0 Å². The number of carbonyl (C=O) groups excluding carboxylic acids is 2. The van der Waals surface area contributed by atoms with Gasteiger partial charge in [0.15, 0.2) is 11.5 Å². The average molecular weight is 544 g/mol. The summed E-state index contributed by atoms with van der Waals surface area (Å²) in [5.41, 5.74) is 2.61. The van der Waals surface area contributed by atoms with E-state index in [1.165, 1.54) is 12.0 Å². The molecule has 0 saturated carbocycles. The molecule has 0 bridgehead atoms. The first-order chi connectivity index (χ1) is 17.3. The molecule has 3 aromatic carbocycles. The predicted molar refractivity (Wildman–Crippen MR) is 143 cm³/mol. The lowest BCUT2D eigenvalue weighted by atomic mass is 10.1. The number of amides is 2. The van der Waals surface area contributed by atoms with E-state index in [4.69, 9.17) is 37.4 Å². The SMILES string of the molecule is COc1cc(/C=C2\SC(=O)N(CCOc3ccc(C)cc3)C2=O)ccc1OCc1ccc(Cl)cc1Cl. The highest BCUT2D eigenvalue weighted by atomic mass is 35.5. The number of hydrogen-bond donors (Lipinski definition) is 0. The Labute approximate surface area is 223 Å². The van der Waals surface area contributed by atoms with Crippen LogP contribution in [0, 0.1) is 6.92 Å². The number of hydrogen-bond acceptors (Lipinski definition) is 6. The van der Waals surface area contributed by atoms with Gasteiger partial charge in [0.2, 0.25) is 0 Å². The monoisotopic (exact) mass is 543 g/mol. The quantitative estimate of drug-likeness (QED) is 0.270. The van der Waals surface area contributed by atoms with Gasteiger partial charge in [-0.1, -0.05) is 53.0 Å². The molecule has 1 aliphatic rings. The van der Waals surface area contributed by atoms with Gasteiger partial charge in [-0.15, -0.1) is 0 Å². The van der Waals surface area contributed by atoms with Crippen LogP contribution in [0.25, 0.3) is 6.08 Å². The first-order valence-electron chi connectivity index (χ1n) is 11.0. The summed E-state index contributed by atoms with van der Waals surface area (Å²) in [6, 6.07) is 18.1. The summed E-state index contributed by atoms with van der Waals surface area (Å²) in [6.07, 6.45) is 1.66. The molecule has 0 atom stereocenters. The zero-order valence-electron chi connectivity index (χ0n) is 19.6. The van der Waals surface area contributed by atoms with E-state index in [0.717, 1.165) is 22.9 Å². The Bertz CT molecular complexity index is 1310. The smallest absolute Gasteiger partial charge is 0.293 e. The molecule has 1 saturated heterocycles. The zero-order chi connectivity index (χ0) is 25.7. The second-order valence-corrected chi connectivity index (χ2v) is 9.77. The Balaban J connectivity index is 1.40. The second kappa shape index (κ2) is 11.7. The van der Waals surface area contributed by atoms with Gasteiger partial charge in [-0.3, -0.25) is 14.5 Å². The lowest BCUT2D eigenvalue weighted by Gasteiger charge is -2.13. The number of imide groups is 1. The van der Waals surface area contributed by atoms with E-state index < -0.39 is 0 Å². The third kappa shape index (κ3) is 6.35. The lowest BCUT2D eigenvalue weighted by molar-refractivity contribution is -0.123. The van der Waals surface area contributed by atoms with Crippen LogP contribution in [0.5, 0.6) is 17.2 Å². The van der Waals surface area contributed by atoms with Gasteiger partial charge >= 0.3 is 0 Å². The Morgan fingerprint density at radius 2 is 1.72 bits per heavy atom. The summed E-state index contributed by atoms with van der Waals surface area (Å²) < 4.78 is 17.0. The minimum Gasteiger partial charge on any atom is -0.493 e. The molecule has 4 rings (SSSR count). The van der Waals surface area contributed by atoms with Crippen molar-refractivity contribution in [2.45, 2.75) is 13.5 Å². The van der Waals surface area contributed by atoms with Crippen molar-refractivity contribution in [2.24, 2.45) is 0 Å². The van der Waals surface area contributed by atoms with Crippen LogP contribution in [-0.4, -0.2) is 36.3 Å². The van der Waals surface area contributed by atoms with Crippen LogP contribution >= 0.6 is 35.0 Å². The van der Waals surface area contributed by atoms with Crippen molar-refractivity contribution in [3.05, 3.63) is 92.3 Å². The number of rotatable bonds is 9. The number of aryl methyl sites for hydroxylation is 1. The van der Waals surface area contributed by atoms with Gasteiger partial charge in [-0.2, -0.15) is 0 Å². The largest absolute Gasteiger partial charge is 0.493 e. The van der Waals surface area contributed by atoms with Gasteiger partial charge in [0.25, 0.3) is 11.1 Å². The summed E-state index contributed by atoms with van der Waals surface area (Å²) in [4.78, 5) is 26.8. The van der Waals surface area contributed by atoms with Crippen LogP contribution < -0.4 is 14.2 Å². The molecule has 3 aromatic rings. The molecule has 186 valence electrons. The Morgan fingerprint density at radius 1 is 0.944 bits per heavy atom. The van der Waals surface area contributed by atoms with Crippen molar-refractivity contribution in [3.63, 3.8) is 0 Å². The van der Waals surface area contributed by atoms with Crippen LogP contribution in [0.3, 0.4) is 0 Å². The molecule has 0 aromatic heterocycles. The molecule has 0 aliphatic carbocycles. The Morgan fingerprint density at radius 3 is 2.44 bits per heavy atom. The van der Waals surface area contributed by atoms with Crippen LogP contribution in [0.2, 0.25) is 10.0 Å². The summed E-state index contributed by atoms with van der Waals surface area (Å²) in [5.74, 6) is 1.34. The second-order valence-electron chi connectivity index (χ2n) is 7.93. The maximum absolute atomic E-state index is 12.8. The van der Waals surface area contributed by atoms with Gasteiger partial charge in [0, 0.05) is 15.6 Å². The van der Waals surface area contributed by atoms with E-state index in [0.29, 0.717) is 37.8 Å². The number of halogens is 2. The molecule has 0 radical (unpaired) electrons. The molecule has 9 heteroatoms. The van der Waals surface area contributed by atoms with E-state index in [1.54, 1.807) is 42.5 Å². The standard InChI is InChI=1S/C27H23Cl2NO5S/c1-17-3-8-21(9-4-17)34-12-11-30-26(31)25(36-27(30)32)14-18-5-10-23(24(13-18)33-2)35-16-19-6-7-20(28)15-22(19)29/h3-10,13-15H,11-12,16H2,1-2H3/b25-14-. The lowest BCUT2D eigenvalue weighted by Crippen LogP contribution is -2.32. The first-order valence-corrected chi connectivity index (χ1v) is 12.6. The average Bonchev–Trinajstić information content (AvgIpc) is 3.12. The van der Waals surface area contributed by atoms with Gasteiger partial charge in [-0.05, 0) is 66.7 Å². The molecule has 0 unspecified atom stereocenters. The fourth-order valence-corrected chi connectivity index (χ4v) is 4.75. The molecule has 0 N–H and O–H groups in total. The molecule has 36 heavy (non-hydrogen) atoms. The third-order valence-corrected chi connectivity index (χ3v) is 6.86. The number of ether oxygens (including phenoxy) is 3. The molecular formula is C27H23Cl2NO5S. The van der Waals surface area contributed by atoms with Crippen LogP contribution in [0.4, 0.5) is 4.79 Å². The van der Waals surface area contributed by atoms with Crippen LogP contribution in [-0.2, 0) is 11.4 Å². The third-order valence-electron chi connectivity index (χ3n) is 5.36. The number of carbonyl (C=O) groups is 2. The maximum Gasteiger partial charge on any atom is 0.293 e. The summed E-state index contributed by atoms with van der Waals surface area (Å²) in [6.45, 7) is 2.60. The maximum atomic E-state index is 12.8. The zero-order valence-corrected chi connectivity index (χ0v) is 22.0. The summed E-state index contributed by atoms with van der Waals surface area (Å²) >= 11 is 13.1. The van der Waals surface area contributed by atoms with Crippen molar-refractivity contribution in [1.82, 2.24) is 4.90 Å². The van der Waals surface area contributed by atoms with E-state index >= 15 is 0 Å². The molecule has 1 fully saturated rings. The van der Waals surface area contributed by atoms with Crippen molar-refractivity contribution in [2.75, 3.05) is 20.3 Å². The van der Waals surface area contributed by atoms with Crippen LogP contribution in [0.15, 0.2) is 65.6 Å². The van der Waals surface area contributed by atoms with E-state index in [-0.39, 0.29) is 30.9 Å². The first kappa shape index (κ1) is 25.9.